The number of aromatic nitrogens is 2. The van der Waals surface area contributed by atoms with Gasteiger partial charge in [0.15, 0.2) is 5.82 Å². The van der Waals surface area contributed by atoms with Crippen LogP contribution in [0.5, 0.6) is 0 Å². The highest BCUT2D eigenvalue weighted by molar-refractivity contribution is 7.14. The van der Waals surface area contributed by atoms with Gasteiger partial charge in [-0.3, -0.25) is 0 Å². The smallest absolute Gasteiger partial charge is 0.203 e. The van der Waals surface area contributed by atoms with Crippen molar-refractivity contribution in [1.82, 2.24) is 9.36 Å². The molecule has 0 aliphatic carbocycles. The largest absolute Gasteiger partial charge is 0.358 e. The number of rotatable bonds is 3. The summed E-state index contributed by atoms with van der Waals surface area (Å²) in [6.07, 6.45) is 0. The van der Waals surface area contributed by atoms with Gasteiger partial charge in [0.25, 0.3) is 0 Å². The lowest BCUT2D eigenvalue weighted by Crippen LogP contribution is -2.08. The molecule has 0 saturated carbocycles. The fourth-order valence-corrected chi connectivity index (χ4v) is 2.48. The van der Waals surface area contributed by atoms with Gasteiger partial charge in [-0.2, -0.15) is 9.36 Å². The van der Waals surface area contributed by atoms with E-state index in [4.69, 9.17) is 0 Å². The first-order valence-electron chi connectivity index (χ1n) is 4.40. The number of nitrogens with zero attached hydrogens (tertiary/aromatic N) is 2. The zero-order valence-corrected chi connectivity index (χ0v) is 9.65. The summed E-state index contributed by atoms with van der Waals surface area (Å²) in [4.78, 5) is 5.52. The fraction of sp³-hybridized carbons (Fsp3) is 0.333. The zero-order valence-electron chi connectivity index (χ0n) is 8.02. The van der Waals surface area contributed by atoms with Gasteiger partial charge in [0.1, 0.15) is 0 Å². The van der Waals surface area contributed by atoms with Crippen LogP contribution in [0.3, 0.4) is 0 Å². The predicted molar refractivity (Wildman–Crippen MR) is 62.0 cm³/mol. The summed E-state index contributed by atoms with van der Waals surface area (Å²) in [5.74, 6) is 0.827. The molecule has 0 radical (unpaired) electrons. The Bertz CT molecular complexity index is 392. The summed E-state index contributed by atoms with van der Waals surface area (Å²) >= 11 is 3.07. The second-order valence-corrected chi connectivity index (χ2v) is 4.90. The van der Waals surface area contributed by atoms with E-state index in [1.54, 1.807) is 11.3 Å². The number of hydrogen-bond donors (Lipinski definition) is 1. The van der Waals surface area contributed by atoms with Crippen molar-refractivity contribution in [3.63, 3.8) is 0 Å². The van der Waals surface area contributed by atoms with Crippen LogP contribution in [0.4, 0.5) is 5.13 Å². The second-order valence-electron chi connectivity index (χ2n) is 3.20. The normalized spacial score (nSPS) is 10.8. The Labute approximate surface area is 91.0 Å². The molecule has 0 aromatic carbocycles. The van der Waals surface area contributed by atoms with Gasteiger partial charge in [-0.25, -0.2) is 0 Å². The summed E-state index contributed by atoms with van der Waals surface area (Å²) < 4.78 is 4.29. The lowest BCUT2D eigenvalue weighted by atomic mass is 10.4. The van der Waals surface area contributed by atoms with Crippen LogP contribution >= 0.6 is 22.9 Å². The summed E-state index contributed by atoms with van der Waals surface area (Å²) in [6, 6.07) is 4.45. The van der Waals surface area contributed by atoms with Gasteiger partial charge in [-0.1, -0.05) is 6.07 Å². The Morgan fingerprint density at radius 1 is 1.43 bits per heavy atom. The van der Waals surface area contributed by atoms with Crippen LogP contribution in [0.15, 0.2) is 17.5 Å². The molecule has 2 heterocycles. The maximum absolute atomic E-state index is 4.40. The van der Waals surface area contributed by atoms with Crippen LogP contribution in [-0.2, 0) is 0 Å². The molecule has 0 bridgehead atoms. The van der Waals surface area contributed by atoms with Crippen LogP contribution in [0.25, 0.3) is 10.7 Å². The summed E-state index contributed by atoms with van der Waals surface area (Å²) in [5, 5.41) is 6.16. The Morgan fingerprint density at radius 2 is 2.29 bits per heavy atom. The van der Waals surface area contributed by atoms with E-state index in [9.17, 15) is 0 Å². The van der Waals surface area contributed by atoms with Crippen LogP contribution in [0.1, 0.15) is 13.8 Å². The predicted octanol–water partition coefficient (Wildman–Crippen LogP) is 3.09. The molecule has 0 spiro atoms. The average molecular weight is 225 g/mol. The van der Waals surface area contributed by atoms with E-state index in [0.717, 1.165) is 15.8 Å². The first-order chi connectivity index (χ1) is 6.75. The zero-order chi connectivity index (χ0) is 9.97. The monoisotopic (exact) mass is 225 g/mol. The molecule has 2 aromatic heterocycles. The van der Waals surface area contributed by atoms with Gasteiger partial charge in [0, 0.05) is 17.6 Å². The van der Waals surface area contributed by atoms with Gasteiger partial charge in [-0.05, 0) is 25.3 Å². The third-order valence-corrected chi connectivity index (χ3v) is 3.09. The lowest BCUT2D eigenvalue weighted by Gasteiger charge is -2.03. The third kappa shape index (κ3) is 2.10. The van der Waals surface area contributed by atoms with E-state index in [-0.39, 0.29) is 0 Å². The van der Waals surface area contributed by atoms with Crippen LogP contribution < -0.4 is 5.32 Å². The summed E-state index contributed by atoms with van der Waals surface area (Å²) in [5.41, 5.74) is 0. The van der Waals surface area contributed by atoms with Crippen molar-refractivity contribution in [2.75, 3.05) is 5.32 Å². The van der Waals surface area contributed by atoms with Crippen molar-refractivity contribution in [3.8, 4) is 10.7 Å². The molecular weight excluding hydrogens is 214 g/mol. The molecule has 0 atom stereocenters. The molecule has 0 amide bonds. The van der Waals surface area contributed by atoms with E-state index in [2.05, 4.69) is 28.5 Å². The van der Waals surface area contributed by atoms with E-state index in [1.807, 2.05) is 17.5 Å². The molecule has 0 aliphatic heterocycles. The number of anilines is 1. The maximum Gasteiger partial charge on any atom is 0.203 e. The Balaban J connectivity index is 2.18. The van der Waals surface area contributed by atoms with E-state index >= 15 is 0 Å². The molecular formula is C9H11N3S2. The molecule has 0 aliphatic rings. The van der Waals surface area contributed by atoms with E-state index < -0.39 is 0 Å². The van der Waals surface area contributed by atoms with Crippen molar-refractivity contribution >= 4 is 28.0 Å². The Hall–Kier alpha value is -0.940. The number of nitrogens with one attached hydrogen (secondary N) is 1. The highest BCUT2D eigenvalue weighted by atomic mass is 32.1. The molecule has 1 N–H and O–H groups in total. The Kier molecular flexibility index (Phi) is 2.79. The van der Waals surface area contributed by atoms with Crippen LogP contribution in [-0.4, -0.2) is 15.4 Å². The average Bonchev–Trinajstić information content (AvgIpc) is 2.69. The van der Waals surface area contributed by atoms with Gasteiger partial charge >= 0.3 is 0 Å². The van der Waals surface area contributed by atoms with Crippen LogP contribution in [0, 0.1) is 0 Å². The molecule has 14 heavy (non-hydrogen) atoms. The van der Waals surface area contributed by atoms with Crippen molar-refractivity contribution in [3.05, 3.63) is 17.5 Å². The molecule has 2 rings (SSSR count). The third-order valence-electron chi connectivity index (χ3n) is 1.58. The van der Waals surface area contributed by atoms with Crippen molar-refractivity contribution in [1.29, 1.82) is 0 Å². The summed E-state index contributed by atoms with van der Waals surface area (Å²) in [6.45, 7) is 4.18. The molecule has 0 fully saturated rings. The molecule has 2 aromatic rings. The molecule has 0 saturated heterocycles. The first kappa shape index (κ1) is 9.61. The van der Waals surface area contributed by atoms with E-state index in [1.165, 1.54) is 11.5 Å². The second kappa shape index (κ2) is 4.06. The standard InChI is InChI=1S/C9H11N3S2/c1-6(2)10-9-11-8(12-14-9)7-4-3-5-13-7/h3-6H,1-2H3,(H,10,11,12). The van der Waals surface area contributed by atoms with Crippen LogP contribution in [0.2, 0.25) is 0 Å². The SMILES string of the molecule is CC(C)Nc1nc(-c2cccs2)ns1. The topological polar surface area (TPSA) is 37.8 Å². The fourth-order valence-electron chi connectivity index (χ4n) is 1.03. The lowest BCUT2D eigenvalue weighted by molar-refractivity contribution is 0.897. The van der Waals surface area contributed by atoms with Gasteiger partial charge in [-0.15, -0.1) is 11.3 Å². The molecule has 3 nitrogen and oxygen atoms in total. The van der Waals surface area contributed by atoms with Gasteiger partial charge in [0.05, 0.1) is 4.88 Å². The highest BCUT2D eigenvalue weighted by Crippen LogP contribution is 2.25. The number of thiophene rings is 1. The quantitative estimate of drug-likeness (QED) is 0.872. The molecule has 0 unspecified atom stereocenters. The first-order valence-corrected chi connectivity index (χ1v) is 6.05. The highest BCUT2D eigenvalue weighted by Gasteiger charge is 2.07. The summed E-state index contributed by atoms with van der Waals surface area (Å²) in [7, 11) is 0. The van der Waals surface area contributed by atoms with E-state index in [0.29, 0.717) is 6.04 Å². The van der Waals surface area contributed by atoms with Crippen molar-refractivity contribution in [2.24, 2.45) is 0 Å². The van der Waals surface area contributed by atoms with Crippen molar-refractivity contribution < 1.29 is 0 Å². The minimum Gasteiger partial charge on any atom is -0.358 e. The minimum absolute atomic E-state index is 0.402. The Morgan fingerprint density at radius 3 is 2.93 bits per heavy atom. The maximum atomic E-state index is 4.40. The molecule has 74 valence electrons. The molecule has 5 heteroatoms. The van der Waals surface area contributed by atoms with Gasteiger partial charge < -0.3 is 5.32 Å². The van der Waals surface area contributed by atoms with Gasteiger partial charge in [0.2, 0.25) is 5.13 Å². The number of hydrogen-bond acceptors (Lipinski definition) is 5. The minimum atomic E-state index is 0.402. The van der Waals surface area contributed by atoms with Crippen molar-refractivity contribution in [2.45, 2.75) is 19.9 Å².